The minimum atomic E-state index is -0.458. The molecule has 0 saturated carbocycles. The topological polar surface area (TPSA) is 86.2 Å². The minimum absolute atomic E-state index is 0.405. The van der Waals surface area contributed by atoms with Gasteiger partial charge in [-0.1, -0.05) is 26.7 Å². The molecule has 2 amide bonds. The fourth-order valence-electron chi connectivity index (χ4n) is 1.26. The van der Waals surface area contributed by atoms with E-state index in [1.807, 2.05) is 6.92 Å². The predicted octanol–water partition coefficient (Wildman–Crippen LogP) is 0.399. The van der Waals surface area contributed by atoms with E-state index in [9.17, 15) is 9.59 Å². The highest BCUT2D eigenvalue weighted by Crippen LogP contribution is 2.17. The first-order valence-corrected chi connectivity index (χ1v) is 4.59. The Bertz CT molecular complexity index is 192. The summed E-state index contributed by atoms with van der Waals surface area (Å²) in [5.74, 6) is -1.75. The number of unbranched alkanes of at least 4 members (excludes halogenated alkanes) is 1. The zero-order valence-corrected chi connectivity index (χ0v) is 8.25. The van der Waals surface area contributed by atoms with Crippen molar-refractivity contribution in [3.8, 4) is 0 Å². The third-order valence-electron chi connectivity index (χ3n) is 2.29. The number of carbonyl (C=O) groups is 2. The summed E-state index contributed by atoms with van der Waals surface area (Å²) in [6.07, 6.45) is 2.52. The molecule has 0 aromatic heterocycles. The van der Waals surface area contributed by atoms with Crippen LogP contribution in [-0.4, -0.2) is 11.8 Å². The number of carbonyl (C=O) groups excluding carboxylic acids is 2. The summed E-state index contributed by atoms with van der Waals surface area (Å²) >= 11 is 0. The van der Waals surface area contributed by atoms with Gasteiger partial charge in [0.05, 0.1) is 0 Å². The molecule has 13 heavy (non-hydrogen) atoms. The van der Waals surface area contributed by atoms with Gasteiger partial charge in [-0.15, -0.1) is 0 Å². The van der Waals surface area contributed by atoms with Gasteiger partial charge in [0.25, 0.3) is 0 Å². The van der Waals surface area contributed by atoms with Gasteiger partial charge in [-0.2, -0.15) is 0 Å². The van der Waals surface area contributed by atoms with E-state index in [0.29, 0.717) is 6.42 Å². The molecule has 0 heterocycles. The Kier molecular flexibility index (Phi) is 5.11. The van der Waals surface area contributed by atoms with Crippen LogP contribution in [0.2, 0.25) is 0 Å². The van der Waals surface area contributed by atoms with Crippen molar-refractivity contribution in [2.75, 3.05) is 0 Å². The van der Waals surface area contributed by atoms with Crippen LogP contribution < -0.4 is 11.5 Å². The molecule has 76 valence electrons. The molecule has 0 rings (SSSR count). The molecule has 2 atom stereocenters. The molecule has 4 nitrogen and oxygen atoms in total. The quantitative estimate of drug-likeness (QED) is 0.629. The zero-order valence-electron chi connectivity index (χ0n) is 8.25. The Morgan fingerprint density at radius 1 is 1.23 bits per heavy atom. The van der Waals surface area contributed by atoms with E-state index in [0.717, 1.165) is 12.8 Å². The van der Waals surface area contributed by atoms with E-state index in [1.165, 1.54) is 0 Å². The van der Waals surface area contributed by atoms with Crippen molar-refractivity contribution in [3.05, 3.63) is 0 Å². The second kappa shape index (κ2) is 5.56. The van der Waals surface area contributed by atoms with Crippen molar-refractivity contribution in [2.45, 2.75) is 33.1 Å². The van der Waals surface area contributed by atoms with Crippen LogP contribution in [0.25, 0.3) is 0 Å². The molecule has 0 aromatic rings. The van der Waals surface area contributed by atoms with E-state index < -0.39 is 23.7 Å². The molecule has 0 radical (unpaired) electrons. The van der Waals surface area contributed by atoms with Gasteiger partial charge in [0.1, 0.15) is 0 Å². The van der Waals surface area contributed by atoms with Crippen LogP contribution >= 0.6 is 0 Å². The van der Waals surface area contributed by atoms with Gasteiger partial charge < -0.3 is 11.5 Å². The lowest BCUT2D eigenvalue weighted by Gasteiger charge is -2.17. The highest BCUT2D eigenvalue weighted by atomic mass is 16.2. The Morgan fingerprint density at radius 3 is 2.08 bits per heavy atom. The maximum absolute atomic E-state index is 11.0. The van der Waals surface area contributed by atoms with E-state index >= 15 is 0 Å². The number of amides is 2. The van der Waals surface area contributed by atoms with Crippen LogP contribution in [0, 0.1) is 11.8 Å². The second-order valence-electron chi connectivity index (χ2n) is 3.34. The van der Waals surface area contributed by atoms with Crippen LogP contribution in [0.3, 0.4) is 0 Å². The van der Waals surface area contributed by atoms with Gasteiger partial charge in [-0.3, -0.25) is 9.59 Å². The summed E-state index contributed by atoms with van der Waals surface area (Å²) in [5, 5.41) is 0. The van der Waals surface area contributed by atoms with Crippen LogP contribution in [0.5, 0.6) is 0 Å². The Balaban J connectivity index is 4.24. The molecule has 0 aliphatic carbocycles. The SMILES string of the molecule is CCCCC(C(N)=O)[C@H](C)C(N)=O. The lowest BCUT2D eigenvalue weighted by molar-refractivity contribution is -0.131. The third-order valence-corrected chi connectivity index (χ3v) is 2.29. The average molecular weight is 186 g/mol. The normalized spacial score (nSPS) is 14.9. The van der Waals surface area contributed by atoms with Gasteiger partial charge in [0, 0.05) is 11.8 Å². The van der Waals surface area contributed by atoms with Crippen molar-refractivity contribution >= 4 is 11.8 Å². The average Bonchev–Trinajstić information content (AvgIpc) is 2.04. The number of hydrogen-bond donors (Lipinski definition) is 2. The molecule has 0 bridgehead atoms. The van der Waals surface area contributed by atoms with Gasteiger partial charge in [0.2, 0.25) is 11.8 Å². The molecule has 0 spiro atoms. The molecule has 0 aromatic carbocycles. The largest absolute Gasteiger partial charge is 0.369 e. The van der Waals surface area contributed by atoms with Crippen molar-refractivity contribution < 1.29 is 9.59 Å². The van der Waals surface area contributed by atoms with Gasteiger partial charge >= 0.3 is 0 Å². The van der Waals surface area contributed by atoms with Gasteiger partial charge in [-0.25, -0.2) is 0 Å². The molecule has 0 saturated heterocycles. The van der Waals surface area contributed by atoms with E-state index in [2.05, 4.69) is 0 Å². The number of rotatable bonds is 6. The molecule has 4 N–H and O–H groups in total. The Labute approximate surface area is 78.7 Å². The number of nitrogens with two attached hydrogens (primary N) is 2. The lowest BCUT2D eigenvalue weighted by atomic mass is 9.88. The van der Waals surface area contributed by atoms with Crippen LogP contribution in [0.15, 0.2) is 0 Å². The molecular weight excluding hydrogens is 168 g/mol. The van der Waals surface area contributed by atoms with Gasteiger partial charge in [-0.05, 0) is 6.42 Å². The maximum Gasteiger partial charge on any atom is 0.221 e. The van der Waals surface area contributed by atoms with Crippen LogP contribution in [0.1, 0.15) is 33.1 Å². The second-order valence-corrected chi connectivity index (χ2v) is 3.34. The minimum Gasteiger partial charge on any atom is -0.369 e. The first-order valence-electron chi connectivity index (χ1n) is 4.59. The fourth-order valence-corrected chi connectivity index (χ4v) is 1.26. The van der Waals surface area contributed by atoms with Crippen molar-refractivity contribution in [1.29, 1.82) is 0 Å². The van der Waals surface area contributed by atoms with E-state index in [-0.39, 0.29) is 0 Å². The van der Waals surface area contributed by atoms with Crippen LogP contribution in [0.4, 0.5) is 0 Å². The predicted molar refractivity (Wildman–Crippen MR) is 50.6 cm³/mol. The summed E-state index contributed by atoms with van der Waals surface area (Å²) in [5.41, 5.74) is 10.3. The zero-order chi connectivity index (χ0) is 10.4. The first kappa shape index (κ1) is 11.9. The molecule has 0 aliphatic rings. The summed E-state index contributed by atoms with van der Waals surface area (Å²) in [4.78, 5) is 21.8. The van der Waals surface area contributed by atoms with E-state index in [4.69, 9.17) is 11.5 Å². The van der Waals surface area contributed by atoms with Gasteiger partial charge in [0.15, 0.2) is 0 Å². The lowest BCUT2D eigenvalue weighted by Crippen LogP contribution is -2.36. The molecular formula is C9H18N2O2. The highest BCUT2D eigenvalue weighted by molar-refractivity contribution is 5.85. The maximum atomic E-state index is 11.0. The molecule has 1 unspecified atom stereocenters. The van der Waals surface area contributed by atoms with E-state index in [1.54, 1.807) is 6.92 Å². The fraction of sp³-hybridized carbons (Fsp3) is 0.778. The Hall–Kier alpha value is -1.06. The summed E-state index contributed by atoms with van der Waals surface area (Å²) < 4.78 is 0. The smallest absolute Gasteiger partial charge is 0.221 e. The monoisotopic (exact) mass is 186 g/mol. The first-order chi connectivity index (χ1) is 6.00. The van der Waals surface area contributed by atoms with Crippen molar-refractivity contribution in [2.24, 2.45) is 23.3 Å². The third kappa shape index (κ3) is 3.92. The number of hydrogen-bond acceptors (Lipinski definition) is 2. The van der Waals surface area contributed by atoms with Crippen molar-refractivity contribution in [1.82, 2.24) is 0 Å². The Morgan fingerprint density at radius 2 is 1.77 bits per heavy atom. The standard InChI is InChI=1S/C9H18N2O2/c1-3-4-5-7(9(11)13)6(2)8(10)12/h6-7H,3-5H2,1-2H3,(H2,10,12)(H2,11,13)/t6-,7?/m0/s1. The summed E-state index contributed by atoms with van der Waals surface area (Å²) in [7, 11) is 0. The highest BCUT2D eigenvalue weighted by Gasteiger charge is 2.25. The number of primary amides is 2. The summed E-state index contributed by atoms with van der Waals surface area (Å²) in [6, 6.07) is 0. The van der Waals surface area contributed by atoms with Crippen LogP contribution in [-0.2, 0) is 9.59 Å². The molecule has 0 fully saturated rings. The summed E-state index contributed by atoms with van der Waals surface area (Å²) in [6.45, 7) is 3.67. The van der Waals surface area contributed by atoms with Crippen molar-refractivity contribution in [3.63, 3.8) is 0 Å². The molecule has 4 heteroatoms. The molecule has 0 aliphatic heterocycles.